The minimum atomic E-state index is 0.953. The molecule has 0 heteroatoms. The summed E-state index contributed by atoms with van der Waals surface area (Å²) in [5.41, 5.74) is 1.32. The van der Waals surface area contributed by atoms with Crippen LogP contribution in [0.3, 0.4) is 0 Å². The summed E-state index contributed by atoms with van der Waals surface area (Å²) >= 11 is 0. The van der Waals surface area contributed by atoms with Gasteiger partial charge in [0.1, 0.15) is 0 Å². The second kappa shape index (κ2) is 5.75. The Morgan fingerprint density at radius 3 is 1.95 bits per heavy atom. The molecule has 0 aliphatic heterocycles. The van der Waals surface area contributed by atoms with Crippen molar-refractivity contribution in [3.63, 3.8) is 0 Å². The Bertz CT molecular complexity index is 896. The van der Waals surface area contributed by atoms with E-state index in [0.717, 1.165) is 27.3 Å². The van der Waals surface area contributed by atoms with Crippen LogP contribution in [0.4, 0.5) is 0 Å². The standard InChI is InChI=1S/C20H20/c1-6-9-17-14(4)15(5)18(10-7-2)20-13-16(8-3)11-12-19(17)20/h6-7,9-13H,1-2,4-5,8H2,3H3/b17-9+,18-10+. The zero-order valence-electron chi connectivity index (χ0n) is 12.1. The van der Waals surface area contributed by atoms with Gasteiger partial charge in [0.2, 0.25) is 0 Å². The van der Waals surface area contributed by atoms with E-state index in [4.69, 9.17) is 0 Å². The molecule has 20 heavy (non-hydrogen) atoms. The Hall–Kier alpha value is -2.34. The molecule has 0 N–H and O–H groups in total. The lowest BCUT2D eigenvalue weighted by Crippen LogP contribution is -2.47. The van der Waals surface area contributed by atoms with Gasteiger partial charge in [-0.25, -0.2) is 0 Å². The summed E-state index contributed by atoms with van der Waals surface area (Å²) in [7, 11) is 0. The van der Waals surface area contributed by atoms with Crippen LogP contribution >= 0.6 is 0 Å². The third kappa shape index (κ3) is 2.25. The SMILES string of the molecule is C=C/C=c1\c(=C)c(=C)/c(=C\C=C)c2cc(CC)ccc12. The molecule has 100 valence electrons. The first-order chi connectivity index (χ1) is 9.63. The number of aryl methyl sites for hydroxylation is 1. The highest BCUT2D eigenvalue weighted by Crippen LogP contribution is 2.08. The van der Waals surface area contributed by atoms with E-state index >= 15 is 0 Å². The van der Waals surface area contributed by atoms with Gasteiger partial charge in [-0.05, 0) is 43.6 Å². The predicted octanol–water partition coefficient (Wildman–Crippen LogP) is 2.16. The number of fused-ring (bicyclic) bond motifs is 1. The quantitative estimate of drug-likeness (QED) is 0.793. The fourth-order valence-corrected chi connectivity index (χ4v) is 2.54. The predicted molar refractivity (Wildman–Crippen MR) is 92.2 cm³/mol. The van der Waals surface area contributed by atoms with Gasteiger partial charge in [0.05, 0.1) is 0 Å². The minimum Gasteiger partial charge on any atom is -0.0990 e. The van der Waals surface area contributed by atoms with Gasteiger partial charge in [-0.2, -0.15) is 0 Å². The normalized spacial score (nSPS) is 12.8. The van der Waals surface area contributed by atoms with E-state index in [0.29, 0.717) is 0 Å². The molecule has 2 aromatic rings. The third-order valence-corrected chi connectivity index (χ3v) is 3.66. The number of rotatable bonds is 3. The van der Waals surface area contributed by atoms with Crippen LogP contribution < -0.4 is 20.9 Å². The molecule has 0 fully saturated rings. The van der Waals surface area contributed by atoms with Crippen LogP contribution in [0.15, 0.2) is 43.5 Å². The summed E-state index contributed by atoms with van der Waals surface area (Å²) < 4.78 is 0. The first-order valence-electron chi connectivity index (χ1n) is 6.82. The molecule has 0 aliphatic rings. The smallest absolute Gasteiger partial charge is 0.00964 e. The van der Waals surface area contributed by atoms with Crippen LogP contribution in [0.1, 0.15) is 12.5 Å². The molecule has 0 radical (unpaired) electrons. The second-order valence-corrected chi connectivity index (χ2v) is 4.82. The van der Waals surface area contributed by atoms with Gasteiger partial charge < -0.3 is 0 Å². The fourth-order valence-electron chi connectivity index (χ4n) is 2.54. The summed E-state index contributed by atoms with van der Waals surface area (Å²) in [6, 6.07) is 6.57. The number of benzene rings is 2. The van der Waals surface area contributed by atoms with Gasteiger partial charge in [0.25, 0.3) is 0 Å². The second-order valence-electron chi connectivity index (χ2n) is 4.82. The summed E-state index contributed by atoms with van der Waals surface area (Å²) in [6.45, 7) is 18.1. The lowest BCUT2D eigenvalue weighted by atomic mass is 9.98. The molecule has 0 spiro atoms. The van der Waals surface area contributed by atoms with E-state index in [1.807, 2.05) is 12.2 Å². The molecule has 0 aromatic heterocycles. The maximum atomic E-state index is 4.19. The highest BCUT2D eigenvalue weighted by molar-refractivity contribution is 5.86. The van der Waals surface area contributed by atoms with Crippen molar-refractivity contribution < 1.29 is 0 Å². The molecule has 0 aliphatic carbocycles. The van der Waals surface area contributed by atoms with E-state index in [1.165, 1.54) is 16.3 Å². The van der Waals surface area contributed by atoms with Crippen molar-refractivity contribution in [2.75, 3.05) is 0 Å². The molecule has 0 nitrogen and oxygen atoms in total. The van der Waals surface area contributed by atoms with E-state index in [9.17, 15) is 0 Å². The Morgan fingerprint density at radius 2 is 1.45 bits per heavy atom. The van der Waals surface area contributed by atoms with Crippen molar-refractivity contribution in [3.8, 4) is 0 Å². The Balaban J connectivity index is 3.23. The molecule has 0 atom stereocenters. The zero-order valence-corrected chi connectivity index (χ0v) is 12.1. The topological polar surface area (TPSA) is 0 Å². The Labute approximate surface area is 120 Å². The van der Waals surface area contributed by atoms with Crippen molar-refractivity contribution >= 4 is 36.1 Å². The molecular formula is C20H20. The highest BCUT2D eigenvalue weighted by Gasteiger charge is 2.01. The van der Waals surface area contributed by atoms with Crippen LogP contribution in [0.2, 0.25) is 0 Å². The van der Waals surface area contributed by atoms with Gasteiger partial charge in [-0.15, -0.1) is 0 Å². The Kier molecular flexibility index (Phi) is 4.05. The van der Waals surface area contributed by atoms with Gasteiger partial charge in [0, 0.05) is 0 Å². The molecule has 0 unspecified atom stereocenters. The molecule has 0 saturated heterocycles. The average molecular weight is 260 g/mol. The van der Waals surface area contributed by atoms with E-state index in [1.54, 1.807) is 12.2 Å². The van der Waals surface area contributed by atoms with Gasteiger partial charge >= 0.3 is 0 Å². The van der Waals surface area contributed by atoms with Crippen molar-refractivity contribution in [2.24, 2.45) is 0 Å². The summed E-state index contributed by atoms with van der Waals surface area (Å²) in [5, 5.41) is 6.51. The number of hydrogen-bond acceptors (Lipinski definition) is 0. The Morgan fingerprint density at radius 1 is 0.900 bits per heavy atom. The number of allylic oxidation sites excluding steroid dienone is 2. The maximum absolute atomic E-state index is 4.19. The summed E-state index contributed by atoms with van der Waals surface area (Å²) in [5.74, 6) is 0. The van der Waals surface area contributed by atoms with Crippen molar-refractivity contribution in [1.82, 2.24) is 0 Å². The van der Waals surface area contributed by atoms with Crippen LogP contribution in [-0.4, -0.2) is 0 Å². The number of hydrogen-bond donors (Lipinski definition) is 0. The fraction of sp³-hybridized carbons (Fsp3) is 0.100. The highest BCUT2D eigenvalue weighted by atomic mass is 14.1. The molecular weight excluding hydrogens is 240 g/mol. The van der Waals surface area contributed by atoms with Crippen LogP contribution in [0, 0.1) is 0 Å². The van der Waals surface area contributed by atoms with Crippen molar-refractivity contribution in [2.45, 2.75) is 13.3 Å². The summed E-state index contributed by atoms with van der Waals surface area (Å²) in [4.78, 5) is 0. The van der Waals surface area contributed by atoms with Gasteiger partial charge in [-0.1, -0.05) is 75.7 Å². The van der Waals surface area contributed by atoms with Crippen molar-refractivity contribution in [1.29, 1.82) is 0 Å². The minimum absolute atomic E-state index is 0.953. The lowest BCUT2D eigenvalue weighted by molar-refractivity contribution is 1.14. The molecule has 2 aromatic carbocycles. The molecule has 0 heterocycles. The third-order valence-electron chi connectivity index (χ3n) is 3.66. The molecule has 2 rings (SSSR count). The van der Waals surface area contributed by atoms with Crippen LogP contribution in [0.5, 0.6) is 0 Å². The van der Waals surface area contributed by atoms with Gasteiger partial charge in [-0.3, -0.25) is 0 Å². The van der Waals surface area contributed by atoms with Crippen LogP contribution in [-0.2, 0) is 6.42 Å². The van der Waals surface area contributed by atoms with E-state index < -0.39 is 0 Å². The molecule has 0 amide bonds. The van der Waals surface area contributed by atoms with Crippen molar-refractivity contribution in [3.05, 3.63) is 69.9 Å². The van der Waals surface area contributed by atoms with Crippen LogP contribution in [0.25, 0.3) is 36.1 Å². The maximum Gasteiger partial charge on any atom is -0.00964 e. The summed E-state index contributed by atoms with van der Waals surface area (Å²) in [6.07, 6.45) is 8.63. The average Bonchev–Trinajstić information content (AvgIpc) is 2.47. The first-order valence-corrected chi connectivity index (χ1v) is 6.82. The van der Waals surface area contributed by atoms with E-state index in [-0.39, 0.29) is 0 Å². The monoisotopic (exact) mass is 260 g/mol. The molecule has 0 bridgehead atoms. The van der Waals surface area contributed by atoms with Gasteiger partial charge in [0.15, 0.2) is 0 Å². The lowest BCUT2D eigenvalue weighted by Gasteiger charge is -2.05. The first kappa shape index (κ1) is 14.1. The van der Waals surface area contributed by atoms with E-state index in [2.05, 4.69) is 51.4 Å². The molecule has 0 saturated carbocycles. The largest absolute Gasteiger partial charge is 0.0990 e. The zero-order chi connectivity index (χ0) is 14.7.